The predicted octanol–water partition coefficient (Wildman–Crippen LogP) is 1.03. The van der Waals surface area contributed by atoms with Gasteiger partial charge in [-0.3, -0.25) is 4.79 Å². The van der Waals surface area contributed by atoms with E-state index in [1.54, 1.807) is 0 Å². The van der Waals surface area contributed by atoms with Crippen molar-refractivity contribution in [3.05, 3.63) is 23.8 Å². The smallest absolute Gasteiger partial charge is 0.223 e. The Balaban J connectivity index is 1.60. The maximum absolute atomic E-state index is 11.9. The number of fused-ring (bicyclic) bond motifs is 1. The molecule has 0 aromatic heterocycles. The van der Waals surface area contributed by atoms with Crippen LogP contribution in [0.4, 0.5) is 0 Å². The van der Waals surface area contributed by atoms with Gasteiger partial charge in [0.25, 0.3) is 0 Å². The summed E-state index contributed by atoms with van der Waals surface area (Å²) >= 11 is 0. The van der Waals surface area contributed by atoms with E-state index >= 15 is 0 Å². The number of benzene rings is 1. The summed E-state index contributed by atoms with van der Waals surface area (Å²) in [4.78, 5) is 11.9. The maximum atomic E-state index is 11.9. The number of ether oxygens (including phenoxy) is 2. The minimum atomic E-state index is 0.0929. The van der Waals surface area contributed by atoms with Crippen LogP contribution >= 0.6 is 0 Å². The largest absolute Gasteiger partial charge is 0.486 e. The van der Waals surface area contributed by atoms with E-state index in [9.17, 15) is 4.79 Å². The van der Waals surface area contributed by atoms with Crippen LogP contribution in [-0.2, 0) is 4.79 Å². The molecule has 2 unspecified atom stereocenters. The second kappa shape index (κ2) is 5.71. The molecule has 108 valence electrons. The van der Waals surface area contributed by atoms with E-state index in [1.165, 1.54) is 0 Å². The van der Waals surface area contributed by atoms with Gasteiger partial charge in [-0.1, -0.05) is 6.07 Å². The van der Waals surface area contributed by atoms with Crippen molar-refractivity contribution in [3.8, 4) is 11.5 Å². The van der Waals surface area contributed by atoms with Crippen LogP contribution in [0.3, 0.4) is 0 Å². The molecule has 0 radical (unpaired) electrons. The lowest BCUT2D eigenvalue weighted by molar-refractivity contribution is -0.122. The monoisotopic (exact) mass is 276 g/mol. The fourth-order valence-corrected chi connectivity index (χ4v) is 2.59. The molecule has 5 nitrogen and oxygen atoms in total. The Morgan fingerprint density at radius 2 is 2.10 bits per heavy atom. The van der Waals surface area contributed by atoms with Crippen LogP contribution in [0, 0.1) is 5.92 Å². The van der Waals surface area contributed by atoms with Gasteiger partial charge < -0.3 is 20.5 Å². The molecule has 5 heteroatoms. The van der Waals surface area contributed by atoms with Crippen molar-refractivity contribution in [1.29, 1.82) is 0 Å². The molecule has 2 aliphatic rings. The molecule has 2 atom stereocenters. The Morgan fingerprint density at radius 1 is 1.30 bits per heavy atom. The van der Waals surface area contributed by atoms with Gasteiger partial charge in [0.2, 0.25) is 5.91 Å². The lowest BCUT2D eigenvalue weighted by Gasteiger charge is -2.18. The van der Waals surface area contributed by atoms with Crippen LogP contribution in [0.1, 0.15) is 24.3 Å². The molecule has 0 saturated heterocycles. The number of hydrogen-bond donors (Lipinski definition) is 2. The second-order valence-electron chi connectivity index (χ2n) is 5.29. The van der Waals surface area contributed by atoms with Crippen LogP contribution in [0.25, 0.3) is 0 Å². The topological polar surface area (TPSA) is 73.6 Å². The summed E-state index contributed by atoms with van der Waals surface area (Å²) in [6, 6.07) is 5.98. The highest BCUT2D eigenvalue weighted by Crippen LogP contribution is 2.49. The lowest BCUT2D eigenvalue weighted by atomic mass is 10.1. The molecule has 1 aromatic rings. The van der Waals surface area contributed by atoms with Crippen molar-refractivity contribution in [1.82, 2.24) is 5.32 Å². The van der Waals surface area contributed by atoms with Gasteiger partial charge in [0.15, 0.2) is 11.5 Å². The maximum Gasteiger partial charge on any atom is 0.223 e. The Bertz CT molecular complexity index is 504. The molecular weight excluding hydrogens is 256 g/mol. The zero-order chi connectivity index (χ0) is 13.9. The number of nitrogens with two attached hydrogens (primary N) is 1. The van der Waals surface area contributed by atoms with E-state index < -0.39 is 0 Å². The van der Waals surface area contributed by atoms with E-state index in [0.717, 1.165) is 29.9 Å². The van der Waals surface area contributed by atoms with E-state index in [2.05, 4.69) is 5.32 Å². The van der Waals surface area contributed by atoms with E-state index in [1.807, 2.05) is 18.2 Å². The fourth-order valence-electron chi connectivity index (χ4n) is 2.59. The third-order valence-corrected chi connectivity index (χ3v) is 3.80. The third kappa shape index (κ3) is 2.72. The minimum absolute atomic E-state index is 0.0929. The molecule has 1 aliphatic heterocycles. The SMILES string of the molecule is NCCCNC(=O)C1CC1c1ccc2c(c1)OCCO2. The van der Waals surface area contributed by atoms with Crippen molar-refractivity contribution < 1.29 is 14.3 Å². The van der Waals surface area contributed by atoms with Gasteiger partial charge in [-0.25, -0.2) is 0 Å². The summed E-state index contributed by atoms with van der Waals surface area (Å²) < 4.78 is 11.1. The van der Waals surface area contributed by atoms with Crippen molar-refractivity contribution in [2.75, 3.05) is 26.3 Å². The summed E-state index contributed by atoms with van der Waals surface area (Å²) in [6.45, 7) is 2.46. The number of amides is 1. The zero-order valence-electron chi connectivity index (χ0n) is 11.4. The fraction of sp³-hybridized carbons (Fsp3) is 0.533. The number of carbonyl (C=O) groups is 1. The van der Waals surface area contributed by atoms with Crippen LogP contribution in [0.15, 0.2) is 18.2 Å². The van der Waals surface area contributed by atoms with Crippen molar-refractivity contribution >= 4 is 5.91 Å². The molecule has 1 aromatic carbocycles. The highest BCUT2D eigenvalue weighted by atomic mass is 16.6. The summed E-state index contributed by atoms with van der Waals surface area (Å²) in [5.41, 5.74) is 6.57. The molecule has 3 rings (SSSR count). The first-order chi connectivity index (χ1) is 9.79. The molecule has 1 fully saturated rings. The Kier molecular flexibility index (Phi) is 3.78. The summed E-state index contributed by atoms with van der Waals surface area (Å²) in [7, 11) is 0. The van der Waals surface area contributed by atoms with Gasteiger partial charge in [-0.15, -0.1) is 0 Å². The summed E-state index contributed by atoms with van der Waals surface area (Å²) in [5, 5.41) is 2.93. The first-order valence-corrected chi connectivity index (χ1v) is 7.17. The Labute approximate surface area is 118 Å². The predicted molar refractivity (Wildman–Crippen MR) is 75.0 cm³/mol. The molecule has 1 heterocycles. The first kappa shape index (κ1) is 13.2. The zero-order valence-corrected chi connectivity index (χ0v) is 11.4. The van der Waals surface area contributed by atoms with Gasteiger partial charge in [0.05, 0.1) is 0 Å². The van der Waals surface area contributed by atoms with Gasteiger partial charge in [0.1, 0.15) is 13.2 Å². The quantitative estimate of drug-likeness (QED) is 0.788. The summed E-state index contributed by atoms with van der Waals surface area (Å²) in [6.07, 6.45) is 1.74. The normalized spacial score (nSPS) is 23.2. The Morgan fingerprint density at radius 3 is 2.90 bits per heavy atom. The van der Waals surface area contributed by atoms with E-state index in [0.29, 0.717) is 32.2 Å². The average molecular weight is 276 g/mol. The van der Waals surface area contributed by atoms with Gasteiger partial charge in [-0.05, 0) is 43.0 Å². The van der Waals surface area contributed by atoms with Crippen molar-refractivity contribution in [2.24, 2.45) is 11.7 Å². The third-order valence-electron chi connectivity index (χ3n) is 3.80. The van der Waals surface area contributed by atoms with Crippen LogP contribution < -0.4 is 20.5 Å². The molecule has 20 heavy (non-hydrogen) atoms. The molecule has 1 amide bonds. The van der Waals surface area contributed by atoms with Crippen molar-refractivity contribution in [3.63, 3.8) is 0 Å². The average Bonchev–Trinajstić information content (AvgIpc) is 3.27. The van der Waals surface area contributed by atoms with Gasteiger partial charge in [-0.2, -0.15) is 0 Å². The highest BCUT2D eigenvalue weighted by molar-refractivity contribution is 5.82. The van der Waals surface area contributed by atoms with Crippen molar-refractivity contribution in [2.45, 2.75) is 18.8 Å². The number of carbonyl (C=O) groups excluding carboxylic acids is 1. The highest BCUT2D eigenvalue weighted by Gasteiger charge is 2.44. The molecule has 1 saturated carbocycles. The van der Waals surface area contributed by atoms with E-state index in [-0.39, 0.29) is 11.8 Å². The molecule has 0 spiro atoms. The van der Waals surface area contributed by atoms with E-state index in [4.69, 9.17) is 15.2 Å². The number of rotatable bonds is 5. The Hall–Kier alpha value is -1.75. The molecular formula is C15H20N2O3. The molecule has 0 bridgehead atoms. The minimum Gasteiger partial charge on any atom is -0.486 e. The lowest BCUT2D eigenvalue weighted by Crippen LogP contribution is -2.27. The van der Waals surface area contributed by atoms with Gasteiger partial charge in [0, 0.05) is 12.5 Å². The van der Waals surface area contributed by atoms with Crippen LogP contribution in [0.2, 0.25) is 0 Å². The van der Waals surface area contributed by atoms with Gasteiger partial charge >= 0.3 is 0 Å². The summed E-state index contributed by atoms with van der Waals surface area (Å²) in [5.74, 6) is 2.13. The molecule has 1 aliphatic carbocycles. The number of hydrogen-bond acceptors (Lipinski definition) is 4. The number of nitrogens with one attached hydrogen (secondary N) is 1. The molecule has 3 N–H and O–H groups in total. The van der Waals surface area contributed by atoms with Crippen LogP contribution in [-0.4, -0.2) is 32.2 Å². The second-order valence-corrected chi connectivity index (χ2v) is 5.29. The first-order valence-electron chi connectivity index (χ1n) is 7.17. The standard InChI is InChI=1S/C15H20N2O3/c16-4-1-5-17-15(18)12-9-11(12)10-2-3-13-14(8-10)20-7-6-19-13/h2-3,8,11-12H,1,4-7,9,16H2,(H,17,18). The van der Waals surface area contributed by atoms with Crippen LogP contribution in [0.5, 0.6) is 11.5 Å².